The minimum atomic E-state index is -0.281. The number of rotatable bonds is 4. The van der Waals surface area contributed by atoms with Gasteiger partial charge in [-0.25, -0.2) is 4.39 Å². The molecule has 0 spiro atoms. The second-order valence-electron chi connectivity index (χ2n) is 4.21. The maximum Gasteiger partial charge on any atom is 0.163 e. The minimum absolute atomic E-state index is 0.0174. The van der Waals surface area contributed by atoms with E-state index in [0.29, 0.717) is 24.0 Å². The van der Waals surface area contributed by atoms with E-state index in [9.17, 15) is 9.18 Å². The van der Waals surface area contributed by atoms with E-state index in [2.05, 4.69) is 4.98 Å². The number of hydrogen-bond acceptors (Lipinski definition) is 2. The Labute approximate surface area is 105 Å². The first-order valence-electron chi connectivity index (χ1n) is 5.86. The molecule has 0 unspecified atom stereocenters. The molecule has 0 saturated heterocycles. The Kier molecular flexibility index (Phi) is 3.82. The molecule has 0 aliphatic carbocycles. The highest BCUT2D eigenvalue weighted by Crippen LogP contribution is 2.12. The third-order valence-corrected chi connectivity index (χ3v) is 2.81. The Balaban J connectivity index is 2.02. The van der Waals surface area contributed by atoms with Crippen molar-refractivity contribution in [3.8, 4) is 0 Å². The first-order valence-corrected chi connectivity index (χ1v) is 5.86. The third-order valence-electron chi connectivity index (χ3n) is 2.81. The summed E-state index contributed by atoms with van der Waals surface area (Å²) in [5.41, 5.74) is 1.95. The molecule has 0 bridgehead atoms. The van der Waals surface area contributed by atoms with E-state index in [1.165, 1.54) is 12.1 Å². The zero-order chi connectivity index (χ0) is 13.0. The summed E-state index contributed by atoms with van der Waals surface area (Å²) in [5.74, 6) is -0.264. The van der Waals surface area contributed by atoms with E-state index in [-0.39, 0.29) is 11.6 Å². The van der Waals surface area contributed by atoms with Gasteiger partial charge in [0.05, 0.1) is 0 Å². The molecule has 1 heterocycles. The summed E-state index contributed by atoms with van der Waals surface area (Å²) in [6, 6.07) is 10.1. The number of pyridine rings is 1. The van der Waals surface area contributed by atoms with Crippen molar-refractivity contribution in [2.45, 2.75) is 19.8 Å². The number of ketones is 1. The van der Waals surface area contributed by atoms with Crippen molar-refractivity contribution in [2.75, 3.05) is 0 Å². The number of carbonyl (C=O) groups excluding carboxylic acids is 1. The lowest BCUT2D eigenvalue weighted by atomic mass is 10.0. The first-order chi connectivity index (χ1) is 8.66. The number of aromatic nitrogens is 1. The molecule has 2 aromatic rings. The van der Waals surface area contributed by atoms with Gasteiger partial charge in [-0.15, -0.1) is 0 Å². The zero-order valence-electron chi connectivity index (χ0n) is 10.2. The van der Waals surface area contributed by atoms with Crippen molar-refractivity contribution in [3.05, 3.63) is 65.2 Å². The van der Waals surface area contributed by atoms with E-state index in [1.54, 1.807) is 19.2 Å². The molecule has 1 aromatic carbocycles. The average Bonchev–Trinajstić information content (AvgIpc) is 2.40. The van der Waals surface area contributed by atoms with Crippen LogP contribution in [-0.4, -0.2) is 10.8 Å². The van der Waals surface area contributed by atoms with Crippen LogP contribution in [-0.2, 0) is 6.42 Å². The van der Waals surface area contributed by atoms with Gasteiger partial charge in [-0.05, 0) is 49.2 Å². The van der Waals surface area contributed by atoms with Crippen LogP contribution >= 0.6 is 0 Å². The monoisotopic (exact) mass is 243 g/mol. The lowest BCUT2D eigenvalue weighted by molar-refractivity contribution is 0.0982. The lowest BCUT2D eigenvalue weighted by Gasteiger charge is -2.03. The molecule has 0 amide bonds. The largest absolute Gasteiger partial charge is 0.294 e. The Morgan fingerprint density at radius 3 is 2.78 bits per heavy atom. The summed E-state index contributed by atoms with van der Waals surface area (Å²) in [4.78, 5) is 16.1. The van der Waals surface area contributed by atoms with Gasteiger partial charge in [0.1, 0.15) is 5.82 Å². The van der Waals surface area contributed by atoms with Crippen molar-refractivity contribution < 1.29 is 9.18 Å². The third kappa shape index (κ3) is 3.00. The first kappa shape index (κ1) is 12.4. The molecule has 0 atom stereocenters. The topological polar surface area (TPSA) is 30.0 Å². The number of benzene rings is 1. The van der Waals surface area contributed by atoms with Crippen LogP contribution in [0.4, 0.5) is 4.39 Å². The Morgan fingerprint density at radius 2 is 2.11 bits per heavy atom. The fourth-order valence-electron chi connectivity index (χ4n) is 1.75. The maximum atomic E-state index is 13.1. The second-order valence-corrected chi connectivity index (χ2v) is 4.21. The maximum absolute atomic E-state index is 13.1. The fraction of sp³-hybridized carbons (Fsp3) is 0.200. The van der Waals surface area contributed by atoms with Crippen molar-refractivity contribution in [3.63, 3.8) is 0 Å². The van der Waals surface area contributed by atoms with Crippen LogP contribution in [0.2, 0.25) is 0 Å². The molecule has 0 radical (unpaired) electrons. The van der Waals surface area contributed by atoms with Crippen molar-refractivity contribution in [1.29, 1.82) is 0 Å². The van der Waals surface area contributed by atoms with Gasteiger partial charge in [-0.3, -0.25) is 9.78 Å². The predicted octanol–water partition coefficient (Wildman–Crippen LogP) is 3.34. The average molecular weight is 243 g/mol. The van der Waals surface area contributed by atoms with E-state index < -0.39 is 0 Å². The lowest BCUT2D eigenvalue weighted by Crippen LogP contribution is -2.03. The van der Waals surface area contributed by atoms with Crippen molar-refractivity contribution in [2.24, 2.45) is 0 Å². The van der Waals surface area contributed by atoms with E-state index in [0.717, 1.165) is 5.69 Å². The quantitative estimate of drug-likeness (QED) is 0.771. The van der Waals surface area contributed by atoms with Gasteiger partial charge in [0.15, 0.2) is 5.78 Å². The van der Waals surface area contributed by atoms with Crippen LogP contribution < -0.4 is 0 Å². The SMILES string of the molecule is Cc1cc(C(=O)CCc2ccccn2)ccc1F. The zero-order valence-corrected chi connectivity index (χ0v) is 10.2. The second kappa shape index (κ2) is 5.54. The molecule has 0 aliphatic heterocycles. The van der Waals surface area contributed by atoms with Crippen LogP contribution in [0.3, 0.4) is 0 Å². The van der Waals surface area contributed by atoms with Crippen molar-refractivity contribution in [1.82, 2.24) is 4.98 Å². The standard InChI is InChI=1S/C15H14FNO/c1-11-10-12(5-7-14(11)16)15(18)8-6-13-4-2-3-9-17-13/h2-5,7,9-10H,6,8H2,1H3. The normalized spacial score (nSPS) is 10.3. The summed E-state index contributed by atoms with van der Waals surface area (Å²) in [6.07, 6.45) is 2.71. The van der Waals surface area contributed by atoms with E-state index in [1.807, 2.05) is 18.2 Å². The van der Waals surface area contributed by atoms with Crippen LogP contribution in [0.15, 0.2) is 42.6 Å². The summed E-state index contributed by atoms with van der Waals surface area (Å²) < 4.78 is 13.1. The van der Waals surface area contributed by atoms with Crippen LogP contribution in [0.1, 0.15) is 28.0 Å². The molecule has 3 heteroatoms. The molecule has 2 nitrogen and oxygen atoms in total. The molecule has 2 rings (SSSR count). The van der Waals surface area contributed by atoms with E-state index >= 15 is 0 Å². The van der Waals surface area contributed by atoms with Crippen LogP contribution in [0, 0.1) is 12.7 Å². The Bertz CT molecular complexity index is 552. The number of carbonyl (C=O) groups is 1. The van der Waals surface area contributed by atoms with Gasteiger partial charge in [0.25, 0.3) is 0 Å². The van der Waals surface area contributed by atoms with Gasteiger partial charge < -0.3 is 0 Å². The highest BCUT2D eigenvalue weighted by molar-refractivity contribution is 5.96. The molecule has 0 N–H and O–H groups in total. The van der Waals surface area contributed by atoms with Gasteiger partial charge >= 0.3 is 0 Å². The molecule has 0 saturated carbocycles. The molecule has 18 heavy (non-hydrogen) atoms. The Hall–Kier alpha value is -2.03. The summed E-state index contributed by atoms with van der Waals surface area (Å²) in [5, 5.41) is 0. The number of nitrogens with zero attached hydrogens (tertiary/aromatic N) is 1. The van der Waals surface area contributed by atoms with Crippen LogP contribution in [0.5, 0.6) is 0 Å². The van der Waals surface area contributed by atoms with E-state index in [4.69, 9.17) is 0 Å². The van der Waals surface area contributed by atoms with Crippen LogP contribution in [0.25, 0.3) is 0 Å². The molecule has 1 aromatic heterocycles. The summed E-state index contributed by atoms with van der Waals surface area (Å²) in [7, 11) is 0. The highest BCUT2D eigenvalue weighted by Gasteiger charge is 2.08. The number of aryl methyl sites for hydroxylation is 2. The fourth-order valence-corrected chi connectivity index (χ4v) is 1.75. The molecular formula is C15H14FNO. The number of halogens is 1. The van der Waals surface area contributed by atoms with Gasteiger partial charge in [-0.2, -0.15) is 0 Å². The predicted molar refractivity (Wildman–Crippen MR) is 68.0 cm³/mol. The highest BCUT2D eigenvalue weighted by atomic mass is 19.1. The van der Waals surface area contributed by atoms with Crippen molar-refractivity contribution >= 4 is 5.78 Å². The molecule has 0 fully saturated rings. The Morgan fingerprint density at radius 1 is 1.28 bits per heavy atom. The van der Waals surface area contributed by atoms with Gasteiger partial charge in [0.2, 0.25) is 0 Å². The number of Topliss-reactive ketones (excluding diaryl/α,β-unsaturated/α-hetero) is 1. The smallest absolute Gasteiger partial charge is 0.163 e. The number of hydrogen-bond donors (Lipinski definition) is 0. The molecule has 0 aliphatic rings. The molecule has 92 valence electrons. The van der Waals surface area contributed by atoms with Gasteiger partial charge in [-0.1, -0.05) is 6.07 Å². The molecular weight excluding hydrogens is 229 g/mol. The minimum Gasteiger partial charge on any atom is -0.294 e. The van der Waals surface area contributed by atoms with Gasteiger partial charge in [0, 0.05) is 23.9 Å². The summed E-state index contributed by atoms with van der Waals surface area (Å²) >= 11 is 0. The summed E-state index contributed by atoms with van der Waals surface area (Å²) in [6.45, 7) is 1.66.